The highest BCUT2D eigenvalue weighted by Crippen LogP contribution is 2.35. The van der Waals surface area contributed by atoms with Gasteiger partial charge in [0.1, 0.15) is 12.8 Å². The molecule has 0 spiro atoms. The van der Waals surface area contributed by atoms with E-state index in [1.54, 1.807) is 18.2 Å². The molecule has 1 N–H and O–H groups in total. The lowest BCUT2D eigenvalue weighted by Crippen LogP contribution is -2.40. The van der Waals surface area contributed by atoms with Crippen LogP contribution in [0.25, 0.3) is 0 Å². The molecule has 0 aliphatic carbocycles. The predicted molar refractivity (Wildman–Crippen MR) is 100 cm³/mol. The normalized spacial score (nSPS) is 19.0. The Kier molecular flexibility index (Phi) is 4.85. The van der Waals surface area contributed by atoms with Gasteiger partial charge in [-0.3, -0.25) is 4.79 Å². The van der Waals surface area contributed by atoms with Crippen LogP contribution in [0, 0.1) is 0 Å². The monoisotopic (exact) mass is 385 g/mol. The van der Waals surface area contributed by atoms with Crippen molar-refractivity contribution < 1.29 is 23.8 Å². The van der Waals surface area contributed by atoms with Crippen LogP contribution in [-0.2, 0) is 0 Å². The molecule has 1 atom stereocenters. The summed E-state index contributed by atoms with van der Waals surface area (Å²) >= 11 is 0. The Labute approximate surface area is 161 Å². The van der Waals surface area contributed by atoms with Crippen molar-refractivity contribution in [3.63, 3.8) is 0 Å². The number of halogens is 1. The number of carboxylic acids is 1. The van der Waals surface area contributed by atoms with Crippen LogP contribution in [0.5, 0.6) is 5.75 Å². The van der Waals surface area contributed by atoms with Crippen LogP contribution in [0.15, 0.2) is 36.5 Å². The molecule has 1 saturated heterocycles. The minimum Gasteiger partial charge on any atom is -0.488 e. The number of fused-ring (bicyclic) bond motifs is 1. The maximum atomic E-state index is 13.6. The van der Waals surface area contributed by atoms with Gasteiger partial charge in [-0.2, -0.15) is 0 Å². The third kappa shape index (κ3) is 3.49. The van der Waals surface area contributed by atoms with E-state index in [4.69, 9.17) is 9.84 Å². The smallest absolute Gasteiger partial charge is 0.335 e. The summed E-state index contributed by atoms with van der Waals surface area (Å²) in [5, 5.41) is 9.04. The molecule has 2 aromatic rings. The molecule has 0 bridgehead atoms. The van der Waals surface area contributed by atoms with Crippen molar-refractivity contribution in [2.75, 3.05) is 31.1 Å². The fraction of sp³-hybridized carbons (Fsp3) is 0.350. The number of nitrogens with zero attached hydrogens (tertiary/aromatic N) is 3. The van der Waals surface area contributed by atoms with E-state index in [9.17, 15) is 14.0 Å². The van der Waals surface area contributed by atoms with Crippen molar-refractivity contribution in [2.45, 2.75) is 19.0 Å². The molecule has 8 heteroatoms. The van der Waals surface area contributed by atoms with Gasteiger partial charge in [0, 0.05) is 18.4 Å². The molecule has 1 aromatic heterocycles. The molecule has 1 aromatic carbocycles. The van der Waals surface area contributed by atoms with Gasteiger partial charge >= 0.3 is 5.97 Å². The van der Waals surface area contributed by atoms with Crippen LogP contribution < -0.4 is 9.64 Å². The number of likely N-dealkylation sites (tertiary alicyclic amines) is 1. The number of amides is 1. The summed E-state index contributed by atoms with van der Waals surface area (Å²) in [6.07, 6.45) is 1.65. The molecule has 2 aliphatic rings. The second-order valence-corrected chi connectivity index (χ2v) is 6.89. The number of pyridine rings is 1. The maximum absolute atomic E-state index is 13.6. The molecule has 1 amide bonds. The van der Waals surface area contributed by atoms with E-state index in [0.29, 0.717) is 49.7 Å². The Morgan fingerprint density at radius 3 is 2.68 bits per heavy atom. The number of piperidine rings is 1. The van der Waals surface area contributed by atoms with Gasteiger partial charge in [-0.15, -0.1) is 0 Å². The number of anilines is 2. The maximum Gasteiger partial charge on any atom is 0.335 e. The van der Waals surface area contributed by atoms with E-state index < -0.39 is 12.1 Å². The first-order chi connectivity index (χ1) is 13.5. The lowest BCUT2D eigenvalue weighted by atomic mass is 10.1. The number of rotatable bonds is 3. The number of hydrogen-bond acceptors (Lipinski definition) is 5. The molecule has 146 valence electrons. The highest BCUT2D eigenvalue weighted by Gasteiger charge is 2.27. The summed E-state index contributed by atoms with van der Waals surface area (Å²) in [7, 11) is 0. The summed E-state index contributed by atoms with van der Waals surface area (Å²) in [6.45, 7) is 1.61. The van der Waals surface area contributed by atoms with E-state index in [1.165, 1.54) is 23.2 Å². The third-order valence-corrected chi connectivity index (χ3v) is 4.99. The fourth-order valence-electron chi connectivity index (χ4n) is 3.54. The van der Waals surface area contributed by atoms with Gasteiger partial charge in [0.15, 0.2) is 11.6 Å². The molecule has 4 rings (SSSR count). The Morgan fingerprint density at radius 2 is 1.96 bits per heavy atom. The second kappa shape index (κ2) is 7.46. The van der Waals surface area contributed by atoms with Crippen molar-refractivity contribution in [1.29, 1.82) is 0 Å². The lowest BCUT2D eigenvalue weighted by Gasteiger charge is -2.31. The quantitative estimate of drug-likeness (QED) is 0.875. The Bertz CT molecular complexity index is 903. The van der Waals surface area contributed by atoms with Gasteiger partial charge < -0.3 is 19.6 Å². The number of hydrogen-bond donors (Lipinski definition) is 1. The Hall–Kier alpha value is -3.16. The molecular weight excluding hydrogens is 365 g/mol. The number of carbonyl (C=O) groups is 2. The molecule has 0 radical (unpaired) electrons. The molecule has 3 heterocycles. The highest BCUT2D eigenvalue weighted by molar-refractivity contribution is 5.95. The van der Waals surface area contributed by atoms with Crippen molar-refractivity contribution in [3.05, 3.63) is 47.7 Å². The fourth-order valence-corrected chi connectivity index (χ4v) is 3.54. The van der Waals surface area contributed by atoms with Gasteiger partial charge in [0.05, 0.1) is 24.2 Å². The number of ether oxygens (including phenoxy) is 1. The van der Waals surface area contributed by atoms with Crippen LogP contribution in [0.1, 0.15) is 33.6 Å². The van der Waals surface area contributed by atoms with E-state index in [0.717, 1.165) is 5.69 Å². The van der Waals surface area contributed by atoms with Crippen molar-refractivity contribution in [2.24, 2.45) is 0 Å². The van der Waals surface area contributed by atoms with Crippen LogP contribution >= 0.6 is 0 Å². The van der Waals surface area contributed by atoms with Crippen LogP contribution in [0.2, 0.25) is 0 Å². The van der Waals surface area contributed by atoms with E-state index in [1.807, 2.05) is 4.90 Å². The zero-order chi connectivity index (χ0) is 19.7. The van der Waals surface area contributed by atoms with Crippen LogP contribution in [-0.4, -0.2) is 59.3 Å². The Balaban J connectivity index is 1.58. The third-order valence-electron chi connectivity index (χ3n) is 4.99. The molecule has 0 saturated carbocycles. The number of aromatic carboxylic acids is 1. The average Bonchev–Trinajstić information content (AvgIpc) is 2.72. The summed E-state index contributed by atoms with van der Waals surface area (Å²) in [4.78, 5) is 31.6. The first-order valence-corrected chi connectivity index (χ1v) is 9.20. The highest BCUT2D eigenvalue weighted by atomic mass is 19.1. The average molecular weight is 385 g/mol. The molecule has 0 unspecified atom stereocenters. The first-order valence-electron chi connectivity index (χ1n) is 9.20. The van der Waals surface area contributed by atoms with E-state index >= 15 is 0 Å². The van der Waals surface area contributed by atoms with Gasteiger partial charge in [-0.25, -0.2) is 14.2 Å². The standard InChI is InChI=1S/C20H20FN3O4/c21-15-2-1-7-23(12-15)19(25)14-10-17-18(22-11-14)24(8-9-28-17)16-5-3-13(4-6-16)20(26)27/h3-6,10-11,15H,1-2,7-9,12H2,(H,26,27)/t15-/m0/s1. The number of carboxylic acid groups (broad SMARTS) is 1. The Morgan fingerprint density at radius 1 is 1.18 bits per heavy atom. The SMILES string of the molecule is O=C(O)c1ccc(N2CCOc3cc(C(=O)N4CCC[C@H](F)C4)cnc32)cc1. The van der Waals surface area contributed by atoms with Gasteiger partial charge in [0.2, 0.25) is 0 Å². The number of benzene rings is 1. The van der Waals surface area contributed by atoms with Crippen LogP contribution in [0.4, 0.5) is 15.9 Å². The summed E-state index contributed by atoms with van der Waals surface area (Å²) < 4.78 is 19.3. The molecular formula is C20H20FN3O4. The van der Waals surface area contributed by atoms with E-state index in [-0.39, 0.29) is 18.0 Å². The minimum atomic E-state index is -0.983. The lowest BCUT2D eigenvalue weighted by molar-refractivity contribution is 0.0634. The van der Waals surface area contributed by atoms with Gasteiger partial charge in [0.25, 0.3) is 5.91 Å². The summed E-state index contributed by atoms with van der Waals surface area (Å²) in [5.74, 6) is -0.186. The zero-order valence-corrected chi connectivity index (χ0v) is 15.2. The topological polar surface area (TPSA) is 83.0 Å². The summed E-state index contributed by atoms with van der Waals surface area (Å²) in [5.41, 5.74) is 1.37. The van der Waals surface area contributed by atoms with Gasteiger partial charge in [-0.1, -0.05) is 0 Å². The van der Waals surface area contributed by atoms with E-state index in [2.05, 4.69) is 4.98 Å². The van der Waals surface area contributed by atoms with Crippen molar-refractivity contribution in [3.8, 4) is 5.75 Å². The molecule has 2 aliphatic heterocycles. The predicted octanol–water partition coefficient (Wildman–Crippen LogP) is 2.88. The number of carbonyl (C=O) groups excluding carboxylic acids is 1. The zero-order valence-electron chi connectivity index (χ0n) is 15.2. The van der Waals surface area contributed by atoms with Crippen molar-refractivity contribution in [1.82, 2.24) is 9.88 Å². The summed E-state index contributed by atoms with van der Waals surface area (Å²) in [6, 6.07) is 8.15. The van der Waals surface area contributed by atoms with Crippen LogP contribution in [0.3, 0.4) is 0 Å². The largest absolute Gasteiger partial charge is 0.488 e. The first kappa shape index (κ1) is 18.2. The minimum absolute atomic E-state index is 0.110. The number of aromatic nitrogens is 1. The molecule has 1 fully saturated rings. The number of alkyl halides is 1. The molecule has 7 nitrogen and oxygen atoms in total. The second-order valence-electron chi connectivity index (χ2n) is 6.89. The molecule has 28 heavy (non-hydrogen) atoms. The van der Waals surface area contributed by atoms with Gasteiger partial charge in [-0.05, 0) is 43.2 Å². The van der Waals surface area contributed by atoms with Crippen molar-refractivity contribution >= 4 is 23.4 Å².